The number of hydrogen-bond acceptors (Lipinski definition) is 8. The summed E-state index contributed by atoms with van der Waals surface area (Å²) in [5.41, 5.74) is 1.58. The highest BCUT2D eigenvalue weighted by Crippen LogP contribution is 2.47. The Hall–Kier alpha value is -5.17. The molecule has 5 rings (SSSR count). The fourth-order valence-corrected chi connectivity index (χ4v) is 4.05. The zero-order valence-electron chi connectivity index (χ0n) is 21.0. The number of hydrazine groups is 1. The predicted octanol–water partition coefficient (Wildman–Crippen LogP) is 3.67. The van der Waals surface area contributed by atoms with Crippen molar-refractivity contribution in [3.8, 4) is 17.4 Å². The molecule has 2 aromatic heterocycles. The van der Waals surface area contributed by atoms with E-state index >= 15 is 0 Å². The fourth-order valence-electron chi connectivity index (χ4n) is 4.05. The first-order chi connectivity index (χ1) is 19.2. The van der Waals surface area contributed by atoms with Crippen molar-refractivity contribution in [1.29, 1.82) is 0 Å². The molecule has 13 heteroatoms. The van der Waals surface area contributed by atoms with E-state index in [0.29, 0.717) is 29.4 Å². The Morgan fingerprint density at radius 3 is 2.25 bits per heavy atom. The molecule has 1 saturated carbocycles. The molecule has 1 aliphatic rings. The normalized spacial score (nSPS) is 13.3. The van der Waals surface area contributed by atoms with Crippen LogP contribution in [-0.2, 0) is 9.59 Å². The van der Waals surface area contributed by atoms with Crippen LogP contribution in [0.25, 0.3) is 10.9 Å². The molecule has 1 fully saturated rings. The topological polar surface area (TPSA) is 158 Å². The summed E-state index contributed by atoms with van der Waals surface area (Å²) in [6.45, 7) is 0. The van der Waals surface area contributed by atoms with Gasteiger partial charge in [-0.1, -0.05) is 0 Å². The van der Waals surface area contributed by atoms with E-state index in [-0.39, 0.29) is 22.7 Å². The van der Waals surface area contributed by atoms with E-state index in [1.165, 1.54) is 62.0 Å². The highest BCUT2D eigenvalue weighted by atomic mass is 19.1. The van der Waals surface area contributed by atoms with Gasteiger partial charge in [-0.2, -0.15) is 0 Å². The number of methoxy groups -OCH3 is 1. The summed E-state index contributed by atoms with van der Waals surface area (Å²) in [7, 11) is 1.39. The zero-order chi connectivity index (χ0) is 28.4. The second-order valence-corrected chi connectivity index (χ2v) is 8.96. The number of nitrogens with zero attached hydrogens (tertiary/aromatic N) is 2. The first-order valence-electron chi connectivity index (χ1n) is 11.9. The van der Waals surface area contributed by atoms with Gasteiger partial charge in [0.2, 0.25) is 11.8 Å². The molecule has 0 spiro atoms. The number of carbonyl (C=O) groups is 3. The van der Waals surface area contributed by atoms with E-state index in [4.69, 9.17) is 15.3 Å². The van der Waals surface area contributed by atoms with Crippen molar-refractivity contribution in [2.24, 2.45) is 11.3 Å². The summed E-state index contributed by atoms with van der Waals surface area (Å²) in [6.07, 6.45) is 3.21. The number of benzene rings is 2. The lowest BCUT2D eigenvalue weighted by atomic mass is 10.0. The number of amides is 3. The number of nitrogens with two attached hydrogens (primary N) is 1. The number of fused-ring (bicyclic) bond motifs is 1. The third-order valence-corrected chi connectivity index (χ3v) is 6.39. The molecule has 0 atom stereocenters. The van der Waals surface area contributed by atoms with E-state index < -0.39 is 40.7 Å². The van der Waals surface area contributed by atoms with E-state index in [2.05, 4.69) is 20.6 Å². The second kappa shape index (κ2) is 10.5. The lowest BCUT2D eigenvalue weighted by Gasteiger charge is -2.16. The molecule has 4 aromatic rings. The van der Waals surface area contributed by atoms with Crippen LogP contribution >= 0.6 is 0 Å². The van der Waals surface area contributed by atoms with Gasteiger partial charge in [-0.25, -0.2) is 19.6 Å². The molecule has 3 amide bonds. The van der Waals surface area contributed by atoms with E-state index in [1.54, 1.807) is 0 Å². The van der Waals surface area contributed by atoms with Gasteiger partial charge >= 0.3 is 0 Å². The van der Waals surface area contributed by atoms with Crippen LogP contribution in [0.2, 0.25) is 0 Å². The van der Waals surface area contributed by atoms with Crippen LogP contribution in [-0.4, -0.2) is 34.8 Å². The minimum atomic E-state index is -1.33. The van der Waals surface area contributed by atoms with Gasteiger partial charge in [0.15, 0.2) is 5.82 Å². The fraction of sp³-hybridized carbons (Fsp3) is 0.148. The first kappa shape index (κ1) is 26.4. The van der Waals surface area contributed by atoms with Crippen LogP contribution in [0.15, 0.2) is 60.9 Å². The van der Waals surface area contributed by atoms with Crippen LogP contribution in [0.5, 0.6) is 17.4 Å². The van der Waals surface area contributed by atoms with Gasteiger partial charge in [0.25, 0.3) is 11.8 Å². The van der Waals surface area contributed by atoms with Crippen LogP contribution in [0.3, 0.4) is 0 Å². The Balaban J connectivity index is 1.33. The smallest absolute Gasteiger partial charge is 0.268 e. The minimum absolute atomic E-state index is 0.0157. The zero-order valence-corrected chi connectivity index (χ0v) is 21.0. The standard InChI is InChI=1S/C27H22F2N6O5/c1-39-22-12-20-17(11-18(22)23(36)35-30)21(6-9-31-20)40-24-19(29)10-16(13-32-24)34-26(38)27(7-8-27)25(37)33-15-4-2-14(28)3-5-15/h2-6,9-13H,7-8,30H2,1H3,(H,33,37)(H,34,38)(H,35,36). The molecule has 11 nitrogen and oxygen atoms in total. The molecular weight excluding hydrogens is 526 g/mol. The number of nitrogen functional groups attached to an aromatic ring is 1. The van der Waals surface area contributed by atoms with Crippen molar-refractivity contribution >= 4 is 40.0 Å². The van der Waals surface area contributed by atoms with Gasteiger partial charge in [0.05, 0.1) is 30.1 Å². The summed E-state index contributed by atoms with van der Waals surface area (Å²) in [5.74, 6) is 2.10. The average Bonchev–Trinajstić information content (AvgIpc) is 3.77. The van der Waals surface area contributed by atoms with Crippen molar-refractivity contribution in [1.82, 2.24) is 15.4 Å². The Morgan fingerprint density at radius 2 is 1.62 bits per heavy atom. The molecule has 0 radical (unpaired) electrons. The Bertz CT molecular complexity index is 1640. The number of hydrogen-bond donors (Lipinski definition) is 4. The second-order valence-electron chi connectivity index (χ2n) is 8.96. The number of anilines is 2. The molecule has 2 aromatic carbocycles. The number of aromatic nitrogens is 2. The molecule has 0 bridgehead atoms. The maximum absolute atomic E-state index is 15.0. The van der Waals surface area contributed by atoms with Crippen LogP contribution in [0.1, 0.15) is 23.2 Å². The number of carbonyl (C=O) groups excluding carboxylic acids is 3. The number of ether oxygens (including phenoxy) is 2. The van der Waals surface area contributed by atoms with Gasteiger partial charge in [0, 0.05) is 29.4 Å². The third-order valence-electron chi connectivity index (χ3n) is 6.39. The molecule has 0 saturated heterocycles. The van der Waals surface area contributed by atoms with Crippen LogP contribution in [0, 0.1) is 17.0 Å². The highest BCUT2D eigenvalue weighted by Gasteiger charge is 2.56. The number of halogens is 2. The Kier molecular flexibility index (Phi) is 6.96. The summed E-state index contributed by atoms with van der Waals surface area (Å²) in [5, 5.41) is 5.49. The molecule has 1 aliphatic carbocycles. The maximum Gasteiger partial charge on any atom is 0.268 e. The quantitative estimate of drug-likeness (QED) is 0.112. The van der Waals surface area contributed by atoms with E-state index in [1.807, 2.05) is 5.43 Å². The third kappa shape index (κ3) is 5.09. The van der Waals surface area contributed by atoms with Gasteiger partial charge in [0.1, 0.15) is 22.7 Å². The molecular formula is C27H22F2N6O5. The lowest BCUT2D eigenvalue weighted by molar-refractivity contribution is -0.131. The molecule has 5 N–H and O–H groups in total. The largest absolute Gasteiger partial charge is 0.496 e. The van der Waals surface area contributed by atoms with E-state index in [9.17, 15) is 23.2 Å². The predicted molar refractivity (Wildman–Crippen MR) is 140 cm³/mol. The van der Waals surface area contributed by atoms with E-state index in [0.717, 1.165) is 6.07 Å². The van der Waals surface area contributed by atoms with Gasteiger partial charge in [-0.05, 0) is 49.2 Å². The monoisotopic (exact) mass is 548 g/mol. The highest BCUT2D eigenvalue weighted by molar-refractivity contribution is 6.16. The number of nitrogens with one attached hydrogen (secondary N) is 3. The van der Waals surface area contributed by atoms with Crippen LogP contribution in [0.4, 0.5) is 20.2 Å². The lowest BCUT2D eigenvalue weighted by Crippen LogP contribution is -2.35. The van der Waals surface area contributed by atoms with Crippen molar-refractivity contribution < 1.29 is 32.6 Å². The van der Waals surface area contributed by atoms with Crippen molar-refractivity contribution in [2.45, 2.75) is 12.8 Å². The maximum atomic E-state index is 15.0. The average molecular weight is 549 g/mol. The molecule has 204 valence electrons. The van der Waals surface area contributed by atoms with Crippen molar-refractivity contribution in [2.75, 3.05) is 17.7 Å². The summed E-state index contributed by atoms with van der Waals surface area (Å²) < 4.78 is 39.0. The van der Waals surface area contributed by atoms with Gasteiger partial charge < -0.3 is 20.1 Å². The Morgan fingerprint density at radius 1 is 0.925 bits per heavy atom. The van der Waals surface area contributed by atoms with Crippen molar-refractivity contribution in [3.63, 3.8) is 0 Å². The Labute approximate surface area is 225 Å². The van der Waals surface area contributed by atoms with Crippen LogP contribution < -0.4 is 31.4 Å². The molecule has 0 aliphatic heterocycles. The summed E-state index contributed by atoms with van der Waals surface area (Å²) in [6, 6.07) is 10.6. The first-order valence-corrected chi connectivity index (χ1v) is 11.9. The molecule has 40 heavy (non-hydrogen) atoms. The number of rotatable bonds is 8. The van der Waals surface area contributed by atoms with Gasteiger partial charge in [-0.15, -0.1) is 0 Å². The SMILES string of the molecule is COc1cc2nccc(Oc3ncc(NC(=O)C4(C(=O)Nc5ccc(F)cc5)CC4)cc3F)c2cc1C(=O)NN. The summed E-state index contributed by atoms with van der Waals surface area (Å²) >= 11 is 0. The minimum Gasteiger partial charge on any atom is -0.496 e. The molecule has 0 unspecified atom stereocenters. The molecule has 2 heterocycles. The van der Waals surface area contributed by atoms with Crippen molar-refractivity contribution in [3.05, 3.63) is 78.1 Å². The van der Waals surface area contributed by atoms with Gasteiger partial charge in [-0.3, -0.25) is 24.8 Å². The summed E-state index contributed by atoms with van der Waals surface area (Å²) in [4.78, 5) is 46.0. The number of pyridine rings is 2.